The van der Waals surface area contributed by atoms with Gasteiger partial charge in [-0.15, -0.1) is 0 Å². The third-order valence-electron chi connectivity index (χ3n) is 5.47. The van der Waals surface area contributed by atoms with E-state index in [-0.39, 0.29) is 30.9 Å². The van der Waals surface area contributed by atoms with Crippen molar-refractivity contribution < 1.29 is 24.5 Å². The molecule has 4 N–H and O–H groups in total. The van der Waals surface area contributed by atoms with E-state index >= 15 is 0 Å². The molecule has 1 aromatic carbocycles. The van der Waals surface area contributed by atoms with Crippen LogP contribution in [-0.2, 0) is 9.53 Å². The number of piperazine rings is 1. The van der Waals surface area contributed by atoms with Gasteiger partial charge < -0.3 is 35.4 Å². The van der Waals surface area contributed by atoms with E-state index < -0.39 is 24.4 Å². The molecule has 2 fully saturated rings. The number of benzene rings is 1. The predicted octanol–water partition coefficient (Wildman–Crippen LogP) is -0.0779. The normalized spacial score (nSPS) is 26.7. The molecule has 0 bridgehead atoms. The van der Waals surface area contributed by atoms with E-state index in [0.29, 0.717) is 13.1 Å². The molecule has 166 valence electrons. The Morgan fingerprint density at radius 3 is 2.33 bits per heavy atom. The van der Waals surface area contributed by atoms with Crippen LogP contribution in [0.1, 0.15) is 20.3 Å². The van der Waals surface area contributed by atoms with Crippen LogP contribution in [0.3, 0.4) is 0 Å². The van der Waals surface area contributed by atoms with Gasteiger partial charge in [0.1, 0.15) is 18.3 Å². The average molecular weight is 421 g/mol. The molecule has 30 heavy (non-hydrogen) atoms. The standard InChI is InChI=1S/C21H32N4O5/c1-14(2)23-21(29)22-13-17-20(28)19(27)16(30-17)12-18(26)25-10-8-24(9-11-25)15-6-4-3-5-7-15/h3-7,14,16-17,19-20,27-28H,8-13H2,1-2H3,(H2,22,23,29)/t16-,17-,19-,20+/m0/s1. The molecular formula is C21H32N4O5. The van der Waals surface area contributed by atoms with E-state index in [1.807, 2.05) is 32.0 Å². The Morgan fingerprint density at radius 1 is 1.07 bits per heavy atom. The van der Waals surface area contributed by atoms with Crippen molar-refractivity contribution in [3.63, 3.8) is 0 Å². The summed E-state index contributed by atoms with van der Waals surface area (Å²) in [7, 11) is 0. The van der Waals surface area contributed by atoms with Gasteiger partial charge in [-0.1, -0.05) is 18.2 Å². The van der Waals surface area contributed by atoms with Crippen LogP contribution in [0.2, 0.25) is 0 Å². The Kier molecular flexibility index (Phi) is 7.52. The van der Waals surface area contributed by atoms with Crippen LogP contribution in [0.15, 0.2) is 30.3 Å². The van der Waals surface area contributed by atoms with Gasteiger partial charge >= 0.3 is 6.03 Å². The number of carbonyl (C=O) groups excluding carboxylic acids is 2. The maximum atomic E-state index is 12.7. The van der Waals surface area contributed by atoms with E-state index in [4.69, 9.17) is 4.74 Å². The summed E-state index contributed by atoms with van der Waals surface area (Å²) in [6, 6.07) is 9.69. The lowest BCUT2D eigenvalue weighted by Gasteiger charge is -2.36. The number of nitrogens with zero attached hydrogens (tertiary/aromatic N) is 2. The number of nitrogens with one attached hydrogen (secondary N) is 2. The van der Waals surface area contributed by atoms with Crippen LogP contribution in [-0.4, -0.2) is 90.2 Å². The van der Waals surface area contributed by atoms with Crippen molar-refractivity contribution in [3.05, 3.63) is 30.3 Å². The van der Waals surface area contributed by atoms with Gasteiger partial charge in [0.2, 0.25) is 5.91 Å². The largest absolute Gasteiger partial charge is 0.388 e. The number of aliphatic hydroxyl groups excluding tert-OH is 2. The van der Waals surface area contributed by atoms with Gasteiger partial charge in [-0.25, -0.2) is 4.79 Å². The number of rotatable bonds is 6. The molecule has 0 spiro atoms. The first-order valence-electron chi connectivity index (χ1n) is 10.5. The minimum absolute atomic E-state index is 0.00173. The van der Waals surface area contributed by atoms with Crippen LogP contribution in [0.4, 0.5) is 10.5 Å². The highest BCUT2D eigenvalue weighted by Crippen LogP contribution is 2.24. The van der Waals surface area contributed by atoms with Crippen LogP contribution >= 0.6 is 0 Å². The minimum atomic E-state index is -1.17. The SMILES string of the molecule is CC(C)NC(=O)NC[C@@H]1O[C@@H](CC(=O)N2CCN(c3ccccc3)CC2)[C@H](O)[C@@H]1O. The number of hydrogen-bond donors (Lipinski definition) is 4. The Bertz CT molecular complexity index is 709. The number of ether oxygens (including phenoxy) is 1. The number of amides is 3. The molecule has 9 heteroatoms. The van der Waals surface area contributed by atoms with E-state index in [1.54, 1.807) is 4.90 Å². The molecule has 2 saturated heterocycles. The summed E-state index contributed by atoms with van der Waals surface area (Å²) >= 11 is 0. The molecule has 3 rings (SSSR count). The highest BCUT2D eigenvalue weighted by Gasteiger charge is 2.44. The molecule has 0 unspecified atom stereocenters. The summed E-state index contributed by atoms with van der Waals surface area (Å²) in [5.74, 6) is -0.106. The molecule has 0 saturated carbocycles. The van der Waals surface area contributed by atoms with Gasteiger partial charge in [0.15, 0.2) is 0 Å². The van der Waals surface area contributed by atoms with Crippen LogP contribution in [0.5, 0.6) is 0 Å². The second-order valence-electron chi connectivity index (χ2n) is 8.11. The molecular weight excluding hydrogens is 388 g/mol. The zero-order valence-electron chi connectivity index (χ0n) is 17.5. The van der Waals surface area contributed by atoms with Crippen molar-refractivity contribution in [1.29, 1.82) is 0 Å². The van der Waals surface area contributed by atoms with Crippen molar-refractivity contribution in [2.75, 3.05) is 37.6 Å². The molecule has 2 aliphatic heterocycles. The lowest BCUT2D eigenvalue weighted by atomic mass is 10.0. The first kappa shape index (κ1) is 22.3. The van der Waals surface area contributed by atoms with E-state index in [1.165, 1.54) is 0 Å². The lowest BCUT2D eigenvalue weighted by Crippen LogP contribution is -2.49. The van der Waals surface area contributed by atoms with Crippen molar-refractivity contribution in [1.82, 2.24) is 15.5 Å². The number of anilines is 1. The number of carbonyl (C=O) groups is 2. The number of aliphatic hydroxyl groups is 2. The predicted molar refractivity (Wildman–Crippen MR) is 112 cm³/mol. The minimum Gasteiger partial charge on any atom is -0.388 e. The molecule has 0 aromatic heterocycles. The first-order valence-corrected chi connectivity index (χ1v) is 10.5. The van der Waals surface area contributed by atoms with Gasteiger partial charge in [0.05, 0.1) is 12.5 Å². The summed E-state index contributed by atoms with van der Waals surface area (Å²) in [5.41, 5.74) is 1.14. The third kappa shape index (κ3) is 5.62. The Labute approximate surface area is 177 Å². The lowest BCUT2D eigenvalue weighted by molar-refractivity contribution is -0.135. The Morgan fingerprint density at radius 2 is 1.70 bits per heavy atom. The molecule has 3 amide bonds. The van der Waals surface area contributed by atoms with Gasteiger partial charge in [-0.3, -0.25) is 4.79 Å². The molecule has 4 atom stereocenters. The van der Waals surface area contributed by atoms with Crippen molar-refractivity contribution in [3.8, 4) is 0 Å². The number of hydrogen-bond acceptors (Lipinski definition) is 6. The number of para-hydroxylation sites is 1. The highest BCUT2D eigenvalue weighted by atomic mass is 16.5. The maximum Gasteiger partial charge on any atom is 0.315 e. The quantitative estimate of drug-likeness (QED) is 0.512. The summed E-state index contributed by atoms with van der Waals surface area (Å²) in [4.78, 5) is 28.4. The third-order valence-corrected chi connectivity index (χ3v) is 5.47. The summed E-state index contributed by atoms with van der Waals surface area (Å²) in [6.07, 6.45) is -3.88. The van der Waals surface area contributed by atoms with Crippen molar-refractivity contribution in [2.45, 2.75) is 50.7 Å². The topological polar surface area (TPSA) is 114 Å². The second-order valence-corrected chi connectivity index (χ2v) is 8.11. The summed E-state index contributed by atoms with van der Waals surface area (Å²) in [5, 5.41) is 25.8. The zero-order chi connectivity index (χ0) is 21.7. The first-order chi connectivity index (χ1) is 14.3. The molecule has 1 aromatic rings. The molecule has 0 radical (unpaired) electrons. The van der Waals surface area contributed by atoms with Crippen LogP contribution in [0.25, 0.3) is 0 Å². The summed E-state index contributed by atoms with van der Waals surface area (Å²) < 4.78 is 5.69. The smallest absolute Gasteiger partial charge is 0.315 e. The van der Waals surface area contributed by atoms with E-state index in [9.17, 15) is 19.8 Å². The Balaban J connectivity index is 1.45. The van der Waals surface area contributed by atoms with Crippen LogP contribution in [0, 0.1) is 0 Å². The second kappa shape index (κ2) is 10.1. The molecule has 2 aliphatic rings. The van der Waals surface area contributed by atoms with Gasteiger partial charge in [-0.05, 0) is 26.0 Å². The van der Waals surface area contributed by atoms with Gasteiger partial charge in [-0.2, -0.15) is 0 Å². The maximum absolute atomic E-state index is 12.7. The molecule has 2 heterocycles. The van der Waals surface area contributed by atoms with Gasteiger partial charge in [0.25, 0.3) is 0 Å². The monoisotopic (exact) mass is 420 g/mol. The molecule has 0 aliphatic carbocycles. The van der Waals surface area contributed by atoms with E-state index in [0.717, 1.165) is 18.8 Å². The van der Waals surface area contributed by atoms with E-state index in [2.05, 4.69) is 27.7 Å². The fourth-order valence-corrected chi connectivity index (χ4v) is 3.82. The fraction of sp³-hybridized carbons (Fsp3) is 0.619. The Hall–Kier alpha value is -2.36. The molecule has 9 nitrogen and oxygen atoms in total. The van der Waals surface area contributed by atoms with Gasteiger partial charge in [0, 0.05) is 44.5 Å². The summed E-state index contributed by atoms with van der Waals surface area (Å²) in [6.45, 7) is 6.40. The van der Waals surface area contributed by atoms with Crippen molar-refractivity contribution in [2.24, 2.45) is 0 Å². The average Bonchev–Trinajstić information content (AvgIpc) is 3.00. The highest BCUT2D eigenvalue weighted by molar-refractivity contribution is 5.77. The van der Waals surface area contributed by atoms with Crippen LogP contribution < -0.4 is 15.5 Å². The fourth-order valence-electron chi connectivity index (χ4n) is 3.82. The zero-order valence-corrected chi connectivity index (χ0v) is 17.5. The number of urea groups is 1. The van der Waals surface area contributed by atoms with Crippen molar-refractivity contribution >= 4 is 17.6 Å².